The topological polar surface area (TPSA) is 9.23 Å². The fourth-order valence-corrected chi connectivity index (χ4v) is 1.51. The molecule has 0 aliphatic heterocycles. The first kappa shape index (κ1) is 12.0. The summed E-state index contributed by atoms with van der Waals surface area (Å²) < 4.78 is 5.83. The highest BCUT2D eigenvalue weighted by Gasteiger charge is 2.08. The van der Waals surface area contributed by atoms with Crippen LogP contribution in [0.25, 0.3) is 0 Å². The maximum absolute atomic E-state index is 5.83. The number of hydrogen-bond donors (Lipinski definition) is 0. The van der Waals surface area contributed by atoms with Crippen LogP contribution < -0.4 is 0 Å². The van der Waals surface area contributed by atoms with E-state index in [1.807, 2.05) is 25.1 Å². The smallest absolute Gasteiger partial charge is 0.0784 e. The largest absolute Gasteiger partial charge is 0.369 e. The van der Waals surface area contributed by atoms with Gasteiger partial charge in [0, 0.05) is 0 Å². The van der Waals surface area contributed by atoms with Crippen molar-refractivity contribution in [2.24, 2.45) is 0 Å². The Labute approximate surface area is 92.8 Å². The average Bonchev–Trinajstić information content (AvgIpc) is 2.25. The van der Waals surface area contributed by atoms with E-state index in [0.717, 1.165) is 18.4 Å². The van der Waals surface area contributed by atoms with E-state index in [4.69, 9.17) is 4.74 Å². The van der Waals surface area contributed by atoms with Gasteiger partial charge in [-0.25, -0.2) is 0 Å². The summed E-state index contributed by atoms with van der Waals surface area (Å²) in [6.07, 6.45) is 2.39. The van der Waals surface area contributed by atoms with Gasteiger partial charge in [-0.15, -0.1) is 0 Å². The van der Waals surface area contributed by atoms with Crippen LogP contribution in [0.5, 0.6) is 0 Å². The molecule has 1 heteroatoms. The first-order valence-corrected chi connectivity index (χ1v) is 5.55. The van der Waals surface area contributed by atoms with Crippen molar-refractivity contribution in [3.8, 4) is 0 Å². The van der Waals surface area contributed by atoms with Crippen molar-refractivity contribution in [1.82, 2.24) is 0 Å². The Hall–Kier alpha value is -1.08. The molecule has 0 aromatic heterocycles. The molecular formula is C14H20O. The summed E-state index contributed by atoms with van der Waals surface area (Å²) in [7, 11) is 0. The van der Waals surface area contributed by atoms with Gasteiger partial charge in [0.05, 0.1) is 12.7 Å². The quantitative estimate of drug-likeness (QED) is 0.637. The summed E-state index contributed by atoms with van der Waals surface area (Å²) in [6, 6.07) is 10.3. The highest BCUT2D eigenvalue weighted by atomic mass is 16.5. The van der Waals surface area contributed by atoms with Gasteiger partial charge >= 0.3 is 0 Å². The van der Waals surface area contributed by atoms with Gasteiger partial charge in [-0.1, -0.05) is 55.8 Å². The van der Waals surface area contributed by atoms with E-state index >= 15 is 0 Å². The van der Waals surface area contributed by atoms with Crippen LogP contribution in [0.15, 0.2) is 42.5 Å². The fourth-order valence-electron chi connectivity index (χ4n) is 1.51. The van der Waals surface area contributed by atoms with Crippen molar-refractivity contribution < 1.29 is 4.74 Å². The zero-order valence-corrected chi connectivity index (χ0v) is 9.70. The molecule has 0 radical (unpaired) electrons. The summed E-state index contributed by atoms with van der Waals surface area (Å²) in [5, 5.41) is 0. The highest BCUT2D eigenvalue weighted by Crippen LogP contribution is 2.13. The maximum Gasteiger partial charge on any atom is 0.0784 e. The first-order valence-electron chi connectivity index (χ1n) is 5.55. The summed E-state index contributed by atoms with van der Waals surface area (Å²) >= 11 is 0. The number of ether oxygens (including phenoxy) is 1. The summed E-state index contributed by atoms with van der Waals surface area (Å²) in [4.78, 5) is 0. The van der Waals surface area contributed by atoms with Crippen LogP contribution in [-0.2, 0) is 11.3 Å². The molecular weight excluding hydrogens is 184 g/mol. The molecule has 0 N–H and O–H groups in total. The molecule has 0 saturated heterocycles. The second kappa shape index (κ2) is 6.41. The lowest BCUT2D eigenvalue weighted by Gasteiger charge is -2.17. The second-order valence-corrected chi connectivity index (χ2v) is 3.92. The van der Waals surface area contributed by atoms with E-state index in [0.29, 0.717) is 6.61 Å². The molecule has 82 valence electrons. The van der Waals surface area contributed by atoms with Crippen molar-refractivity contribution in [3.05, 3.63) is 48.0 Å². The van der Waals surface area contributed by atoms with Crippen molar-refractivity contribution in [1.29, 1.82) is 0 Å². The van der Waals surface area contributed by atoms with E-state index in [1.54, 1.807) is 0 Å². The Morgan fingerprint density at radius 3 is 2.53 bits per heavy atom. The van der Waals surface area contributed by atoms with Gasteiger partial charge in [0.1, 0.15) is 0 Å². The van der Waals surface area contributed by atoms with Gasteiger partial charge in [0.2, 0.25) is 0 Å². The van der Waals surface area contributed by atoms with Gasteiger partial charge in [-0.2, -0.15) is 0 Å². The molecule has 1 aromatic carbocycles. The zero-order valence-electron chi connectivity index (χ0n) is 9.70. The van der Waals surface area contributed by atoms with Crippen LogP contribution in [-0.4, -0.2) is 6.10 Å². The van der Waals surface area contributed by atoms with E-state index in [-0.39, 0.29) is 6.10 Å². The van der Waals surface area contributed by atoms with Crippen LogP contribution >= 0.6 is 0 Å². The molecule has 0 amide bonds. The summed E-state index contributed by atoms with van der Waals surface area (Å²) in [6.45, 7) is 8.84. The predicted molar refractivity (Wildman–Crippen MR) is 64.7 cm³/mol. The lowest BCUT2D eigenvalue weighted by atomic mass is 10.1. The summed E-state index contributed by atoms with van der Waals surface area (Å²) in [5.74, 6) is 0. The van der Waals surface area contributed by atoms with Crippen LogP contribution in [0.3, 0.4) is 0 Å². The van der Waals surface area contributed by atoms with Crippen LogP contribution in [0.1, 0.15) is 32.3 Å². The first-order chi connectivity index (χ1) is 7.24. The minimum absolute atomic E-state index is 0.204. The Bertz CT molecular complexity index is 289. The maximum atomic E-state index is 5.83. The lowest BCUT2D eigenvalue weighted by Crippen LogP contribution is -2.13. The second-order valence-electron chi connectivity index (χ2n) is 3.92. The molecule has 0 bridgehead atoms. The third-order valence-corrected chi connectivity index (χ3v) is 2.39. The molecule has 0 aliphatic rings. The van der Waals surface area contributed by atoms with E-state index in [9.17, 15) is 0 Å². The van der Waals surface area contributed by atoms with E-state index in [2.05, 4.69) is 25.6 Å². The normalized spacial score (nSPS) is 12.4. The number of benzene rings is 1. The van der Waals surface area contributed by atoms with E-state index in [1.165, 1.54) is 5.56 Å². The highest BCUT2D eigenvalue weighted by molar-refractivity contribution is 5.13. The monoisotopic (exact) mass is 204 g/mol. The molecule has 1 nitrogen and oxygen atoms in total. The average molecular weight is 204 g/mol. The molecule has 0 heterocycles. The molecule has 15 heavy (non-hydrogen) atoms. The lowest BCUT2D eigenvalue weighted by molar-refractivity contribution is 0.0587. The van der Waals surface area contributed by atoms with Crippen molar-refractivity contribution in [3.63, 3.8) is 0 Å². The van der Waals surface area contributed by atoms with Gasteiger partial charge in [0.15, 0.2) is 0 Å². The molecule has 1 aromatic rings. The fraction of sp³-hybridized carbons (Fsp3) is 0.429. The molecule has 0 fully saturated rings. The third kappa shape index (κ3) is 4.30. The van der Waals surface area contributed by atoms with Gasteiger partial charge < -0.3 is 4.74 Å². The molecule has 1 rings (SSSR count). The summed E-state index contributed by atoms with van der Waals surface area (Å²) in [5.41, 5.74) is 2.34. The van der Waals surface area contributed by atoms with Crippen molar-refractivity contribution in [2.75, 3.05) is 0 Å². The van der Waals surface area contributed by atoms with Crippen LogP contribution in [0.4, 0.5) is 0 Å². The third-order valence-electron chi connectivity index (χ3n) is 2.39. The predicted octanol–water partition coefficient (Wildman–Crippen LogP) is 3.95. The Morgan fingerprint density at radius 1 is 1.33 bits per heavy atom. The Balaban J connectivity index is 2.43. The van der Waals surface area contributed by atoms with Crippen LogP contribution in [0, 0.1) is 0 Å². The molecule has 1 unspecified atom stereocenters. The van der Waals surface area contributed by atoms with Crippen LogP contribution in [0.2, 0.25) is 0 Å². The zero-order chi connectivity index (χ0) is 11.1. The number of hydrogen-bond acceptors (Lipinski definition) is 1. The van der Waals surface area contributed by atoms with E-state index < -0.39 is 0 Å². The molecule has 0 saturated carbocycles. The minimum Gasteiger partial charge on any atom is -0.369 e. The standard InChI is InChI=1S/C14H20O/c1-4-8-14(12(2)3)15-11-13-9-6-5-7-10-13/h5-7,9-10,14H,2,4,8,11H2,1,3H3. The van der Waals surface area contributed by atoms with Crippen molar-refractivity contribution in [2.45, 2.75) is 39.4 Å². The molecule has 0 aliphatic carbocycles. The van der Waals surface area contributed by atoms with Gasteiger partial charge in [-0.3, -0.25) is 0 Å². The molecule has 1 atom stereocenters. The van der Waals surface area contributed by atoms with Crippen molar-refractivity contribution >= 4 is 0 Å². The Morgan fingerprint density at radius 2 is 2.00 bits per heavy atom. The molecule has 0 spiro atoms. The Kier molecular flexibility index (Phi) is 5.13. The van der Waals surface area contributed by atoms with Gasteiger partial charge in [-0.05, 0) is 18.9 Å². The minimum atomic E-state index is 0.204. The number of rotatable bonds is 6. The SMILES string of the molecule is C=C(C)C(CCC)OCc1ccccc1. The van der Waals surface area contributed by atoms with Gasteiger partial charge in [0.25, 0.3) is 0 Å².